The fourth-order valence-electron chi connectivity index (χ4n) is 3.61. The Morgan fingerprint density at radius 3 is 2.72 bits per heavy atom. The minimum Gasteiger partial charge on any atom is -0.468 e. The van der Waals surface area contributed by atoms with Gasteiger partial charge in [0.15, 0.2) is 0 Å². The number of nitrogens with zero attached hydrogens (tertiary/aromatic N) is 1. The minimum absolute atomic E-state index is 0.744. The zero-order valence-electron chi connectivity index (χ0n) is 11.3. The standard InChI is InChI=1S/C15H24N2O/c1-2-7-17(11-15-4-3-8-18-15)14-9-12-5-6-13(10-14)16-12/h3-4,8,12-14,16H,2,5-7,9-11H2,1H3. The number of rotatable bonds is 5. The molecule has 3 nitrogen and oxygen atoms in total. The summed E-state index contributed by atoms with van der Waals surface area (Å²) in [6.45, 7) is 4.43. The van der Waals surface area contributed by atoms with Crippen LogP contribution in [0.4, 0.5) is 0 Å². The van der Waals surface area contributed by atoms with Gasteiger partial charge in [-0.1, -0.05) is 6.92 Å². The molecule has 2 fully saturated rings. The fourth-order valence-corrected chi connectivity index (χ4v) is 3.61. The van der Waals surface area contributed by atoms with Crippen LogP contribution in [-0.4, -0.2) is 29.6 Å². The molecule has 18 heavy (non-hydrogen) atoms. The van der Waals surface area contributed by atoms with Gasteiger partial charge >= 0.3 is 0 Å². The molecule has 0 aliphatic carbocycles. The Labute approximate surface area is 110 Å². The number of hydrogen-bond acceptors (Lipinski definition) is 3. The van der Waals surface area contributed by atoms with E-state index in [0.717, 1.165) is 30.4 Å². The van der Waals surface area contributed by atoms with Crippen LogP contribution in [0.2, 0.25) is 0 Å². The van der Waals surface area contributed by atoms with Crippen LogP contribution in [0.5, 0.6) is 0 Å². The lowest BCUT2D eigenvalue weighted by molar-refractivity contribution is 0.125. The van der Waals surface area contributed by atoms with Gasteiger partial charge in [0, 0.05) is 18.1 Å². The largest absolute Gasteiger partial charge is 0.468 e. The summed E-state index contributed by atoms with van der Waals surface area (Å²) in [7, 11) is 0. The highest BCUT2D eigenvalue weighted by Gasteiger charge is 2.35. The molecule has 1 aromatic rings. The average Bonchev–Trinajstić information content (AvgIpc) is 2.99. The van der Waals surface area contributed by atoms with Crippen molar-refractivity contribution in [3.05, 3.63) is 24.2 Å². The molecule has 3 rings (SSSR count). The second kappa shape index (κ2) is 5.45. The van der Waals surface area contributed by atoms with Crippen molar-refractivity contribution in [2.75, 3.05) is 6.54 Å². The summed E-state index contributed by atoms with van der Waals surface area (Å²) in [5.74, 6) is 1.11. The fraction of sp³-hybridized carbons (Fsp3) is 0.733. The van der Waals surface area contributed by atoms with Crippen molar-refractivity contribution in [3.63, 3.8) is 0 Å². The molecule has 3 heterocycles. The van der Waals surface area contributed by atoms with Gasteiger partial charge in [-0.15, -0.1) is 0 Å². The van der Waals surface area contributed by atoms with Crippen LogP contribution in [0.1, 0.15) is 44.8 Å². The quantitative estimate of drug-likeness (QED) is 0.868. The van der Waals surface area contributed by atoms with Crippen LogP contribution < -0.4 is 5.32 Å². The SMILES string of the molecule is CCCN(Cc1ccco1)C1CC2CCC(C1)N2. The van der Waals surface area contributed by atoms with Gasteiger partial charge in [0.25, 0.3) is 0 Å². The number of fused-ring (bicyclic) bond motifs is 2. The highest BCUT2D eigenvalue weighted by molar-refractivity contribution is 5.01. The van der Waals surface area contributed by atoms with E-state index in [4.69, 9.17) is 4.42 Å². The summed E-state index contributed by atoms with van der Waals surface area (Å²) in [6.07, 6.45) is 8.39. The molecular weight excluding hydrogens is 224 g/mol. The van der Waals surface area contributed by atoms with Gasteiger partial charge in [-0.05, 0) is 50.8 Å². The molecule has 0 aromatic carbocycles. The Bertz CT molecular complexity index is 351. The van der Waals surface area contributed by atoms with Crippen molar-refractivity contribution in [1.29, 1.82) is 0 Å². The van der Waals surface area contributed by atoms with Crippen molar-refractivity contribution in [3.8, 4) is 0 Å². The van der Waals surface area contributed by atoms with Crippen LogP contribution >= 0.6 is 0 Å². The van der Waals surface area contributed by atoms with Gasteiger partial charge in [-0.2, -0.15) is 0 Å². The van der Waals surface area contributed by atoms with Gasteiger partial charge < -0.3 is 9.73 Å². The predicted molar refractivity (Wildman–Crippen MR) is 72.4 cm³/mol. The van der Waals surface area contributed by atoms with E-state index in [9.17, 15) is 0 Å². The maximum Gasteiger partial charge on any atom is 0.117 e. The summed E-state index contributed by atoms with van der Waals surface area (Å²) in [5.41, 5.74) is 0. The summed E-state index contributed by atoms with van der Waals surface area (Å²) in [6, 6.07) is 6.37. The monoisotopic (exact) mass is 248 g/mol. The van der Waals surface area contributed by atoms with E-state index in [1.807, 2.05) is 6.07 Å². The van der Waals surface area contributed by atoms with Gasteiger partial charge in [-0.3, -0.25) is 4.90 Å². The third-order valence-electron chi connectivity index (χ3n) is 4.41. The van der Waals surface area contributed by atoms with Crippen molar-refractivity contribution < 1.29 is 4.42 Å². The summed E-state index contributed by atoms with van der Waals surface area (Å²) < 4.78 is 5.51. The molecule has 0 radical (unpaired) electrons. The lowest BCUT2D eigenvalue weighted by Crippen LogP contribution is -2.48. The van der Waals surface area contributed by atoms with Crippen LogP contribution in [0.25, 0.3) is 0 Å². The zero-order chi connectivity index (χ0) is 12.4. The highest BCUT2D eigenvalue weighted by atomic mass is 16.3. The van der Waals surface area contributed by atoms with Gasteiger partial charge in [-0.25, -0.2) is 0 Å². The Balaban J connectivity index is 1.65. The molecule has 0 saturated carbocycles. The van der Waals surface area contributed by atoms with E-state index in [0.29, 0.717) is 0 Å². The van der Waals surface area contributed by atoms with E-state index in [1.54, 1.807) is 6.26 Å². The Morgan fingerprint density at radius 1 is 1.33 bits per heavy atom. The number of nitrogens with one attached hydrogen (secondary N) is 1. The molecule has 2 saturated heterocycles. The second-order valence-corrected chi connectivity index (χ2v) is 5.81. The first-order valence-electron chi connectivity index (χ1n) is 7.37. The summed E-state index contributed by atoms with van der Waals surface area (Å²) in [5, 5.41) is 3.73. The molecule has 1 aromatic heterocycles. The zero-order valence-corrected chi connectivity index (χ0v) is 11.3. The lowest BCUT2D eigenvalue weighted by atomic mass is 9.98. The minimum atomic E-state index is 0.744. The second-order valence-electron chi connectivity index (χ2n) is 5.81. The predicted octanol–water partition coefficient (Wildman–Crippen LogP) is 2.77. The highest BCUT2D eigenvalue weighted by Crippen LogP contribution is 2.30. The molecule has 2 bridgehead atoms. The third-order valence-corrected chi connectivity index (χ3v) is 4.41. The van der Waals surface area contributed by atoms with Crippen molar-refractivity contribution in [2.45, 2.75) is 63.7 Å². The summed E-state index contributed by atoms with van der Waals surface area (Å²) in [4.78, 5) is 2.63. The molecular formula is C15H24N2O. The smallest absolute Gasteiger partial charge is 0.117 e. The summed E-state index contributed by atoms with van der Waals surface area (Å²) >= 11 is 0. The first kappa shape index (κ1) is 12.2. The van der Waals surface area contributed by atoms with Gasteiger partial charge in [0.05, 0.1) is 12.8 Å². The normalized spacial score (nSPS) is 31.1. The third kappa shape index (κ3) is 2.62. The van der Waals surface area contributed by atoms with Crippen molar-refractivity contribution in [1.82, 2.24) is 10.2 Å². The van der Waals surface area contributed by atoms with E-state index < -0.39 is 0 Å². The maximum absolute atomic E-state index is 5.51. The van der Waals surface area contributed by atoms with Gasteiger partial charge in [0.1, 0.15) is 5.76 Å². The Hall–Kier alpha value is -0.800. The number of furan rings is 1. The first-order valence-corrected chi connectivity index (χ1v) is 7.37. The average molecular weight is 248 g/mol. The number of hydrogen-bond donors (Lipinski definition) is 1. The topological polar surface area (TPSA) is 28.4 Å². The molecule has 3 heteroatoms. The van der Waals surface area contributed by atoms with Crippen molar-refractivity contribution in [2.24, 2.45) is 0 Å². The first-order chi connectivity index (χ1) is 8.85. The molecule has 0 amide bonds. The molecule has 2 aliphatic rings. The number of piperidine rings is 1. The maximum atomic E-state index is 5.51. The van der Waals surface area contributed by atoms with Crippen molar-refractivity contribution >= 4 is 0 Å². The van der Waals surface area contributed by atoms with E-state index in [2.05, 4.69) is 23.2 Å². The van der Waals surface area contributed by atoms with Crippen LogP contribution in [0, 0.1) is 0 Å². The Kier molecular flexibility index (Phi) is 3.71. The van der Waals surface area contributed by atoms with Gasteiger partial charge in [0.2, 0.25) is 0 Å². The molecule has 2 aliphatic heterocycles. The molecule has 0 spiro atoms. The van der Waals surface area contributed by atoms with Crippen LogP contribution in [0.3, 0.4) is 0 Å². The molecule has 2 unspecified atom stereocenters. The molecule has 100 valence electrons. The lowest BCUT2D eigenvalue weighted by Gasteiger charge is -2.37. The molecule has 1 N–H and O–H groups in total. The van der Waals surface area contributed by atoms with E-state index in [1.165, 1.54) is 38.6 Å². The van der Waals surface area contributed by atoms with Crippen LogP contribution in [-0.2, 0) is 6.54 Å². The van der Waals surface area contributed by atoms with E-state index in [-0.39, 0.29) is 0 Å². The Morgan fingerprint density at radius 2 is 2.11 bits per heavy atom. The van der Waals surface area contributed by atoms with Crippen LogP contribution in [0.15, 0.2) is 22.8 Å². The van der Waals surface area contributed by atoms with E-state index >= 15 is 0 Å². The molecule has 2 atom stereocenters.